The van der Waals surface area contributed by atoms with Crippen molar-refractivity contribution in [2.75, 3.05) is 5.32 Å². The number of rotatable bonds is 3. The average molecular weight is 355 g/mol. The van der Waals surface area contributed by atoms with E-state index in [9.17, 15) is 24.4 Å². The van der Waals surface area contributed by atoms with Gasteiger partial charge in [0, 0.05) is 11.8 Å². The van der Waals surface area contributed by atoms with Gasteiger partial charge < -0.3 is 10.4 Å². The number of carbonyl (C=O) groups is 1. The van der Waals surface area contributed by atoms with E-state index >= 15 is 0 Å². The molecule has 0 aliphatic heterocycles. The van der Waals surface area contributed by atoms with Gasteiger partial charge in [0.1, 0.15) is 5.82 Å². The Morgan fingerprint density at radius 3 is 2.67 bits per heavy atom. The highest BCUT2D eigenvalue weighted by molar-refractivity contribution is 9.10. The summed E-state index contributed by atoms with van der Waals surface area (Å²) in [5.41, 5.74) is -0.691. The van der Waals surface area contributed by atoms with E-state index in [-0.39, 0.29) is 15.7 Å². The third-order valence-corrected chi connectivity index (χ3v) is 3.28. The maximum atomic E-state index is 13.3. The first-order valence-electron chi connectivity index (χ1n) is 5.63. The van der Waals surface area contributed by atoms with Crippen LogP contribution in [0.3, 0.4) is 0 Å². The van der Waals surface area contributed by atoms with Gasteiger partial charge in [0.2, 0.25) is 5.75 Å². The van der Waals surface area contributed by atoms with Crippen molar-refractivity contribution < 1.29 is 19.2 Å². The minimum absolute atomic E-state index is 0.159. The standard InChI is InChI=1S/C13H8BrFN2O4/c14-9-5-4-7(6-10(9)15)16-13(19)8-2-1-3-11(12(8)18)17(20)21/h1-6,18H,(H,16,19). The summed E-state index contributed by atoms with van der Waals surface area (Å²) in [5, 5.41) is 22.8. The molecule has 0 saturated carbocycles. The molecule has 0 radical (unpaired) electrons. The van der Waals surface area contributed by atoms with Crippen LogP contribution in [0.1, 0.15) is 10.4 Å². The minimum atomic E-state index is -0.800. The highest BCUT2D eigenvalue weighted by Crippen LogP contribution is 2.30. The topological polar surface area (TPSA) is 92.5 Å². The van der Waals surface area contributed by atoms with Gasteiger partial charge in [-0.3, -0.25) is 14.9 Å². The molecule has 0 bridgehead atoms. The molecule has 0 aliphatic carbocycles. The molecule has 21 heavy (non-hydrogen) atoms. The predicted octanol–water partition coefficient (Wildman–Crippen LogP) is 3.45. The van der Waals surface area contributed by atoms with Gasteiger partial charge in [0.05, 0.1) is 15.0 Å². The Bertz CT molecular complexity index is 736. The zero-order valence-corrected chi connectivity index (χ0v) is 11.9. The van der Waals surface area contributed by atoms with Crippen molar-refractivity contribution in [3.63, 3.8) is 0 Å². The zero-order valence-electron chi connectivity index (χ0n) is 10.3. The van der Waals surface area contributed by atoms with Crippen molar-refractivity contribution in [2.45, 2.75) is 0 Å². The summed E-state index contributed by atoms with van der Waals surface area (Å²) in [7, 11) is 0. The molecule has 2 rings (SSSR count). The first kappa shape index (κ1) is 14.9. The number of phenolic OH excluding ortho intramolecular Hbond substituents is 1. The number of amides is 1. The Kier molecular flexibility index (Phi) is 4.18. The van der Waals surface area contributed by atoms with Crippen molar-refractivity contribution in [1.29, 1.82) is 0 Å². The molecule has 0 heterocycles. The van der Waals surface area contributed by atoms with Gasteiger partial charge in [0.15, 0.2) is 0 Å². The zero-order chi connectivity index (χ0) is 15.6. The Labute approximate surface area is 126 Å². The van der Waals surface area contributed by atoms with Crippen molar-refractivity contribution in [1.82, 2.24) is 0 Å². The molecular weight excluding hydrogens is 347 g/mol. The maximum absolute atomic E-state index is 13.3. The summed E-state index contributed by atoms with van der Waals surface area (Å²) >= 11 is 2.97. The lowest BCUT2D eigenvalue weighted by Crippen LogP contribution is -2.12. The quantitative estimate of drug-likeness (QED) is 0.652. The van der Waals surface area contributed by atoms with Crippen LogP contribution in [-0.4, -0.2) is 15.9 Å². The highest BCUT2D eigenvalue weighted by Gasteiger charge is 2.21. The fourth-order valence-corrected chi connectivity index (χ4v) is 1.88. The lowest BCUT2D eigenvalue weighted by molar-refractivity contribution is -0.385. The Hall–Kier alpha value is -2.48. The highest BCUT2D eigenvalue weighted by atomic mass is 79.9. The van der Waals surface area contributed by atoms with Crippen molar-refractivity contribution in [3.8, 4) is 5.75 Å². The maximum Gasteiger partial charge on any atom is 0.311 e. The molecule has 0 atom stereocenters. The predicted molar refractivity (Wildman–Crippen MR) is 76.8 cm³/mol. The molecule has 6 nitrogen and oxygen atoms in total. The van der Waals surface area contributed by atoms with E-state index in [0.29, 0.717) is 0 Å². The molecule has 0 saturated heterocycles. The van der Waals surface area contributed by atoms with Gasteiger partial charge in [0.25, 0.3) is 5.91 Å². The van der Waals surface area contributed by atoms with Gasteiger partial charge >= 0.3 is 5.69 Å². The number of aromatic hydroxyl groups is 1. The molecular formula is C13H8BrFN2O4. The van der Waals surface area contributed by atoms with Crippen molar-refractivity contribution >= 4 is 33.2 Å². The van der Waals surface area contributed by atoms with Crippen LogP contribution in [0, 0.1) is 15.9 Å². The Morgan fingerprint density at radius 1 is 1.33 bits per heavy atom. The molecule has 2 N–H and O–H groups in total. The molecule has 0 unspecified atom stereocenters. The molecule has 0 aliphatic rings. The first-order valence-corrected chi connectivity index (χ1v) is 6.42. The number of para-hydroxylation sites is 1. The Morgan fingerprint density at radius 2 is 2.05 bits per heavy atom. The van der Waals surface area contributed by atoms with E-state index < -0.39 is 28.1 Å². The molecule has 1 amide bonds. The van der Waals surface area contributed by atoms with E-state index in [1.54, 1.807) is 0 Å². The molecule has 108 valence electrons. The van der Waals surface area contributed by atoms with Crippen LogP contribution in [0.2, 0.25) is 0 Å². The summed E-state index contributed by atoms with van der Waals surface area (Å²) in [6.07, 6.45) is 0. The van der Waals surface area contributed by atoms with Crippen LogP contribution in [0.25, 0.3) is 0 Å². The number of hydrogen-bond acceptors (Lipinski definition) is 4. The van der Waals surface area contributed by atoms with Gasteiger partial charge in [-0.1, -0.05) is 6.07 Å². The second-order valence-corrected chi connectivity index (χ2v) is 4.87. The Balaban J connectivity index is 2.30. The summed E-state index contributed by atoms with van der Waals surface area (Å²) in [6, 6.07) is 7.50. The number of halogens is 2. The SMILES string of the molecule is O=C(Nc1ccc(Br)c(F)c1)c1cccc([N+](=O)[O-])c1O. The number of phenols is 1. The summed E-state index contributed by atoms with van der Waals surface area (Å²) in [6.45, 7) is 0. The van der Waals surface area contributed by atoms with Crippen molar-refractivity contribution in [2.24, 2.45) is 0 Å². The van der Waals surface area contributed by atoms with Gasteiger partial charge in [-0.05, 0) is 40.2 Å². The smallest absolute Gasteiger partial charge is 0.311 e. The number of hydrogen-bond donors (Lipinski definition) is 2. The van der Waals surface area contributed by atoms with Gasteiger partial charge in [-0.2, -0.15) is 0 Å². The van der Waals surface area contributed by atoms with Gasteiger partial charge in [-0.25, -0.2) is 4.39 Å². The average Bonchev–Trinajstić information content (AvgIpc) is 2.42. The molecule has 0 fully saturated rings. The fraction of sp³-hybridized carbons (Fsp3) is 0. The lowest BCUT2D eigenvalue weighted by Gasteiger charge is -2.07. The third kappa shape index (κ3) is 3.16. The number of benzene rings is 2. The van der Waals surface area contributed by atoms with E-state index in [4.69, 9.17) is 0 Å². The van der Waals surface area contributed by atoms with Crippen molar-refractivity contribution in [3.05, 3.63) is 62.4 Å². The molecule has 8 heteroatoms. The summed E-state index contributed by atoms with van der Waals surface area (Å²) < 4.78 is 13.6. The van der Waals surface area contributed by atoms with Crippen LogP contribution in [0.4, 0.5) is 15.8 Å². The largest absolute Gasteiger partial charge is 0.502 e. The monoisotopic (exact) mass is 354 g/mol. The van der Waals surface area contributed by atoms with Crippen LogP contribution >= 0.6 is 15.9 Å². The van der Waals surface area contributed by atoms with Gasteiger partial charge in [-0.15, -0.1) is 0 Å². The minimum Gasteiger partial charge on any atom is -0.502 e. The first-order chi connectivity index (χ1) is 9.90. The number of nitro benzene ring substituents is 1. The number of nitrogens with zero attached hydrogens (tertiary/aromatic N) is 1. The van der Waals surface area contributed by atoms with E-state index in [2.05, 4.69) is 21.2 Å². The second-order valence-electron chi connectivity index (χ2n) is 4.01. The molecule has 0 spiro atoms. The number of nitrogens with one attached hydrogen (secondary N) is 1. The number of anilines is 1. The van der Waals surface area contributed by atoms with E-state index in [0.717, 1.165) is 12.1 Å². The molecule has 2 aromatic carbocycles. The third-order valence-electron chi connectivity index (χ3n) is 2.63. The number of nitro groups is 1. The fourth-order valence-electron chi connectivity index (χ4n) is 1.63. The number of carbonyl (C=O) groups excluding carboxylic acids is 1. The summed E-state index contributed by atoms with van der Waals surface area (Å²) in [5.74, 6) is -2.09. The van der Waals surface area contributed by atoms with E-state index in [1.165, 1.54) is 24.3 Å². The van der Waals surface area contributed by atoms with E-state index in [1.807, 2.05) is 0 Å². The normalized spacial score (nSPS) is 10.2. The second kappa shape index (κ2) is 5.88. The lowest BCUT2D eigenvalue weighted by atomic mass is 10.1. The van der Waals surface area contributed by atoms with Crippen LogP contribution in [0.5, 0.6) is 5.75 Å². The molecule has 0 aromatic heterocycles. The van der Waals surface area contributed by atoms with Crippen LogP contribution in [-0.2, 0) is 0 Å². The van der Waals surface area contributed by atoms with Crippen LogP contribution in [0.15, 0.2) is 40.9 Å². The van der Waals surface area contributed by atoms with Crippen LogP contribution < -0.4 is 5.32 Å². The summed E-state index contributed by atoms with van der Waals surface area (Å²) in [4.78, 5) is 21.9. The molecule has 2 aromatic rings.